The third-order valence-electron chi connectivity index (χ3n) is 2.18. The van der Waals surface area contributed by atoms with E-state index in [1.807, 2.05) is 6.92 Å². The highest BCUT2D eigenvalue weighted by Crippen LogP contribution is 2.16. The summed E-state index contributed by atoms with van der Waals surface area (Å²) in [5.41, 5.74) is 0.0789. The van der Waals surface area contributed by atoms with Crippen LogP contribution in [0.2, 0.25) is 0 Å². The minimum Gasteiger partial charge on any atom is -0.338 e. The van der Waals surface area contributed by atoms with E-state index in [0.29, 0.717) is 23.4 Å². The summed E-state index contributed by atoms with van der Waals surface area (Å²) in [6.45, 7) is 2.77. The highest BCUT2D eigenvalue weighted by atomic mass is 79.9. The standard InChI is InChI=1S/C11H12BrClFNO/c1-2-15(6-5-13)11(16)9-4-3-8(12)7-10(9)14/h3-4,7H,2,5-6H2,1H3. The van der Waals surface area contributed by atoms with Gasteiger partial charge in [0.1, 0.15) is 5.82 Å². The highest BCUT2D eigenvalue weighted by molar-refractivity contribution is 9.10. The molecule has 0 aliphatic carbocycles. The second-order valence-corrected chi connectivity index (χ2v) is 4.49. The van der Waals surface area contributed by atoms with Gasteiger partial charge in [0.15, 0.2) is 0 Å². The van der Waals surface area contributed by atoms with Gasteiger partial charge in [-0.05, 0) is 25.1 Å². The van der Waals surface area contributed by atoms with Crippen LogP contribution in [0.25, 0.3) is 0 Å². The number of amides is 1. The Balaban J connectivity index is 2.94. The van der Waals surface area contributed by atoms with Gasteiger partial charge >= 0.3 is 0 Å². The summed E-state index contributed by atoms with van der Waals surface area (Å²) in [5, 5.41) is 0. The molecular formula is C11H12BrClFNO. The topological polar surface area (TPSA) is 20.3 Å². The fourth-order valence-electron chi connectivity index (χ4n) is 1.34. The van der Waals surface area contributed by atoms with Crippen molar-refractivity contribution in [1.29, 1.82) is 0 Å². The number of alkyl halides is 1. The molecular weight excluding hydrogens is 296 g/mol. The molecule has 88 valence electrons. The van der Waals surface area contributed by atoms with Crippen LogP contribution in [-0.2, 0) is 0 Å². The lowest BCUT2D eigenvalue weighted by Crippen LogP contribution is -2.33. The van der Waals surface area contributed by atoms with Crippen molar-refractivity contribution in [2.24, 2.45) is 0 Å². The van der Waals surface area contributed by atoms with E-state index in [0.717, 1.165) is 0 Å². The monoisotopic (exact) mass is 307 g/mol. The number of nitrogens with zero attached hydrogens (tertiary/aromatic N) is 1. The van der Waals surface area contributed by atoms with Crippen molar-refractivity contribution in [3.63, 3.8) is 0 Å². The molecule has 1 amide bonds. The third-order valence-corrected chi connectivity index (χ3v) is 2.85. The maximum absolute atomic E-state index is 13.5. The molecule has 0 bridgehead atoms. The first kappa shape index (κ1) is 13.5. The average molecular weight is 309 g/mol. The van der Waals surface area contributed by atoms with E-state index in [4.69, 9.17) is 11.6 Å². The summed E-state index contributed by atoms with van der Waals surface area (Å²) in [5.74, 6) is -0.502. The Morgan fingerprint density at radius 2 is 2.25 bits per heavy atom. The van der Waals surface area contributed by atoms with Gasteiger partial charge in [-0.15, -0.1) is 11.6 Å². The average Bonchev–Trinajstić information content (AvgIpc) is 2.25. The maximum atomic E-state index is 13.5. The fraction of sp³-hybridized carbons (Fsp3) is 0.364. The Labute approximate surface area is 108 Å². The summed E-state index contributed by atoms with van der Waals surface area (Å²) in [7, 11) is 0. The van der Waals surface area contributed by atoms with Crippen molar-refractivity contribution < 1.29 is 9.18 Å². The summed E-state index contributed by atoms with van der Waals surface area (Å²) in [6.07, 6.45) is 0. The van der Waals surface area contributed by atoms with Crippen LogP contribution in [0.15, 0.2) is 22.7 Å². The molecule has 0 saturated carbocycles. The van der Waals surface area contributed by atoms with Crippen LogP contribution in [0.1, 0.15) is 17.3 Å². The number of benzene rings is 1. The number of hydrogen-bond acceptors (Lipinski definition) is 1. The second kappa shape index (κ2) is 6.21. The Hall–Kier alpha value is -0.610. The van der Waals surface area contributed by atoms with Gasteiger partial charge < -0.3 is 4.90 Å². The van der Waals surface area contributed by atoms with E-state index in [9.17, 15) is 9.18 Å². The molecule has 0 aliphatic rings. The Morgan fingerprint density at radius 1 is 1.56 bits per heavy atom. The van der Waals surface area contributed by atoms with Gasteiger partial charge in [0.2, 0.25) is 0 Å². The normalized spacial score (nSPS) is 10.2. The van der Waals surface area contributed by atoms with Crippen molar-refractivity contribution in [3.05, 3.63) is 34.1 Å². The Kier molecular flexibility index (Phi) is 5.22. The van der Waals surface area contributed by atoms with Gasteiger partial charge in [0.05, 0.1) is 5.56 Å². The van der Waals surface area contributed by atoms with Crippen LogP contribution >= 0.6 is 27.5 Å². The molecule has 0 N–H and O–H groups in total. The molecule has 0 heterocycles. The van der Waals surface area contributed by atoms with Gasteiger partial charge in [-0.2, -0.15) is 0 Å². The summed E-state index contributed by atoms with van der Waals surface area (Å²) < 4.78 is 14.1. The zero-order chi connectivity index (χ0) is 12.1. The Bertz CT molecular complexity index is 386. The molecule has 0 saturated heterocycles. The summed E-state index contributed by atoms with van der Waals surface area (Å²) in [6, 6.07) is 4.39. The van der Waals surface area contributed by atoms with Crippen molar-refractivity contribution in [2.75, 3.05) is 19.0 Å². The van der Waals surface area contributed by atoms with E-state index in [2.05, 4.69) is 15.9 Å². The molecule has 0 spiro atoms. The lowest BCUT2D eigenvalue weighted by Gasteiger charge is -2.19. The summed E-state index contributed by atoms with van der Waals surface area (Å²) >= 11 is 8.72. The van der Waals surface area contributed by atoms with Crippen LogP contribution < -0.4 is 0 Å². The van der Waals surface area contributed by atoms with E-state index in [1.54, 1.807) is 6.07 Å². The molecule has 0 aromatic heterocycles. The molecule has 1 aromatic carbocycles. The zero-order valence-corrected chi connectivity index (χ0v) is 11.2. The first-order chi connectivity index (χ1) is 7.60. The van der Waals surface area contributed by atoms with Crippen molar-refractivity contribution in [1.82, 2.24) is 4.90 Å². The molecule has 1 rings (SSSR count). The minimum atomic E-state index is -0.521. The van der Waals surface area contributed by atoms with Crippen LogP contribution in [0.3, 0.4) is 0 Å². The molecule has 0 atom stereocenters. The molecule has 0 aliphatic heterocycles. The molecule has 0 unspecified atom stereocenters. The predicted molar refractivity (Wildman–Crippen MR) is 66.4 cm³/mol. The maximum Gasteiger partial charge on any atom is 0.256 e. The Morgan fingerprint density at radius 3 is 2.75 bits per heavy atom. The van der Waals surface area contributed by atoms with Crippen molar-refractivity contribution >= 4 is 33.4 Å². The van der Waals surface area contributed by atoms with Gasteiger partial charge in [-0.3, -0.25) is 4.79 Å². The summed E-state index contributed by atoms with van der Waals surface area (Å²) in [4.78, 5) is 13.4. The quantitative estimate of drug-likeness (QED) is 0.782. The minimum absolute atomic E-state index is 0.0789. The van der Waals surface area contributed by atoms with Gasteiger partial charge in [0.25, 0.3) is 5.91 Å². The lowest BCUT2D eigenvalue weighted by atomic mass is 10.2. The molecule has 1 aromatic rings. The first-order valence-corrected chi connectivity index (χ1v) is 6.23. The third kappa shape index (κ3) is 3.19. The zero-order valence-electron chi connectivity index (χ0n) is 8.84. The van der Waals surface area contributed by atoms with Crippen LogP contribution in [-0.4, -0.2) is 29.8 Å². The number of carbonyl (C=O) groups excluding carboxylic acids is 1. The van der Waals surface area contributed by atoms with E-state index in [-0.39, 0.29) is 11.5 Å². The van der Waals surface area contributed by atoms with Crippen molar-refractivity contribution in [2.45, 2.75) is 6.92 Å². The fourth-order valence-corrected chi connectivity index (χ4v) is 1.88. The van der Waals surface area contributed by atoms with E-state index in [1.165, 1.54) is 17.0 Å². The number of carbonyl (C=O) groups is 1. The van der Waals surface area contributed by atoms with E-state index < -0.39 is 5.82 Å². The largest absolute Gasteiger partial charge is 0.338 e. The second-order valence-electron chi connectivity index (χ2n) is 3.20. The smallest absolute Gasteiger partial charge is 0.256 e. The number of hydrogen-bond donors (Lipinski definition) is 0. The molecule has 5 heteroatoms. The van der Waals surface area contributed by atoms with Gasteiger partial charge in [-0.25, -0.2) is 4.39 Å². The van der Waals surface area contributed by atoms with Gasteiger partial charge in [0, 0.05) is 23.4 Å². The van der Waals surface area contributed by atoms with Gasteiger partial charge in [-0.1, -0.05) is 15.9 Å². The number of rotatable bonds is 4. The molecule has 2 nitrogen and oxygen atoms in total. The van der Waals surface area contributed by atoms with E-state index >= 15 is 0 Å². The van der Waals surface area contributed by atoms with Crippen LogP contribution in [0, 0.1) is 5.82 Å². The molecule has 0 radical (unpaired) electrons. The lowest BCUT2D eigenvalue weighted by molar-refractivity contribution is 0.0769. The molecule has 0 fully saturated rings. The highest BCUT2D eigenvalue weighted by Gasteiger charge is 2.17. The van der Waals surface area contributed by atoms with Crippen LogP contribution in [0.4, 0.5) is 4.39 Å². The first-order valence-electron chi connectivity index (χ1n) is 4.90. The molecule has 16 heavy (non-hydrogen) atoms. The SMILES string of the molecule is CCN(CCCl)C(=O)c1ccc(Br)cc1F. The predicted octanol–water partition coefficient (Wildman–Crippen LogP) is 3.29. The van der Waals surface area contributed by atoms with Crippen LogP contribution in [0.5, 0.6) is 0 Å². The number of halogens is 3. The van der Waals surface area contributed by atoms with Crippen molar-refractivity contribution in [3.8, 4) is 0 Å².